The lowest BCUT2D eigenvalue weighted by Gasteiger charge is -2.23. The van der Waals surface area contributed by atoms with Crippen molar-refractivity contribution in [1.29, 1.82) is 0 Å². The molecule has 0 atom stereocenters. The van der Waals surface area contributed by atoms with Crippen molar-refractivity contribution < 1.29 is 57.9 Å². The van der Waals surface area contributed by atoms with Gasteiger partial charge in [0.1, 0.15) is 57.2 Å². The number of fused-ring (bicyclic) bond motifs is 12. The highest BCUT2D eigenvalue weighted by Gasteiger charge is 2.35. The molecule has 2 N–H and O–H groups in total. The number of ether oxygens (including phenoxy) is 2. The average Bonchev–Trinajstić information content (AvgIpc) is 1.90. The normalized spacial score (nSPS) is 13.5. The van der Waals surface area contributed by atoms with Gasteiger partial charge in [-0.25, -0.2) is 40.6 Å². The van der Waals surface area contributed by atoms with Crippen LogP contribution in [0.1, 0.15) is 45.2 Å². The van der Waals surface area contributed by atoms with Gasteiger partial charge in [-0.15, -0.1) is 0 Å². The van der Waals surface area contributed by atoms with Gasteiger partial charge in [-0.1, -0.05) is 12.1 Å². The van der Waals surface area contributed by atoms with E-state index >= 15 is 0 Å². The summed E-state index contributed by atoms with van der Waals surface area (Å²) in [7, 11) is -1.52. The van der Waals surface area contributed by atoms with Crippen molar-refractivity contribution >= 4 is 87.0 Å². The molecule has 0 bridgehead atoms. The van der Waals surface area contributed by atoms with Gasteiger partial charge < -0.3 is 38.1 Å². The molecule has 1 fully saturated rings. The van der Waals surface area contributed by atoms with Crippen LogP contribution < -0.4 is 28.7 Å². The summed E-state index contributed by atoms with van der Waals surface area (Å²) >= 11 is 0. The Hall–Kier alpha value is -9.68. The quantitative estimate of drug-likeness (QED) is 0.122. The fourth-order valence-electron chi connectivity index (χ4n) is 10.9. The first-order valence-electron chi connectivity index (χ1n) is 26.2. The Bertz CT molecular complexity index is 4860. The Kier molecular flexibility index (Phi) is 12.6. The summed E-state index contributed by atoms with van der Waals surface area (Å²) in [6.07, 6.45) is 5.28. The highest BCUT2D eigenvalue weighted by atomic mass is 32.2. The number of hydrogen-bond donors (Lipinski definition) is 2. The number of nitrogens with zero attached hydrogens (tertiary/aromatic N) is 7. The summed E-state index contributed by atoms with van der Waals surface area (Å²) in [6, 6.07) is 29.2. The number of amides is 2. The van der Waals surface area contributed by atoms with Crippen molar-refractivity contribution in [3.05, 3.63) is 150 Å². The van der Waals surface area contributed by atoms with Gasteiger partial charge in [0.05, 0.1) is 68.8 Å². The van der Waals surface area contributed by atoms with Gasteiger partial charge in [-0.05, 0) is 97.8 Å². The second kappa shape index (κ2) is 19.8. The van der Waals surface area contributed by atoms with Crippen LogP contribution in [-0.2, 0) is 33.5 Å². The van der Waals surface area contributed by atoms with Gasteiger partial charge in [0.25, 0.3) is 11.8 Å². The number of carbonyl (C=O) groups is 2. The molecule has 24 heteroatoms. The van der Waals surface area contributed by atoms with Crippen LogP contribution in [0.5, 0.6) is 11.5 Å². The number of anilines is 2. The molecule has 9 heterocycles. The molecule has 0 radical (unpaired) electrons. The van der Waals surface area contributed by atoms with Crippen molar-refractivity contribution in [1.82, 2.24) is 34.7 Å². The average molecular weight is 1180 g/mol. The molecule has 2 amide bonds. The van der Waals surface area contributed by atoms with Gasteiger partial charge >= 0.3 is 0 Å². The summed E-state index contributed by atoms with van der Waals surface area (Å²) in [5, 5.41) is 7.13. The van der Waals surface area contributed by atoms with Crippen molar-refractivity contribution in [3.8, 4) is 68.1 Å². The monoisotopic (exact) mass is 1180 g/mol. The van der Waals surface area contributed by atoms with Gasteiger partial charge in [0, 0.05) is 90.7 Å². The predicted octanol–water partition coefficient (Wildman–Crippen LogP) is 10.8. The number of aromatic nitrogens is 5. The van der Waals surface area contributed by atoms with Gasteiger partial charge in [-0.3, -0.25) is 18.2 Å². The Morgan fingerprint density at radius 1 is 0.607 bits per heavy atom. The second-order valence-electron chi connectivity index (χ2n) is 20.5. The molecule has 7 aromatic heterocycles. The minimum Gasteiger partial charge on any atom is -0.470 e. The Labute approximate surface area is 477 Å². The maximum Gasteiger partial charge on any atom is 0.255 e. The molecule has 1 aliphatic carbocycles. The van der Waals surface area contributed by atoms with Gasteiger partial charge in [-0.2, -0.15) is 4.39 Å². The van der Waals surface area contributed by atoms with E-state index in [0.717, 1.165) is 35.7 Å². The Morgan fingerprint density at radius 2 is 1.10 bits per heavy atom. The first kappa shape index (κ1) is 53.6. The Balaban J connectivity index is 0.000000157. The number of furan rings is 2. The van der Waals surface area contributed by atoms with Crippen LogP contribution in [0, 0.1) is 17.6 Å². The third-order valence-corrected chi connectivity index (χ3v) is 17.8. The molecule has 2 aliphatic heterocycles. The molecule has 0 saturated heterocycles. The molecule has 14 rings (SSSR count). The predicted molar refractivity (Wildman–Crippen MR) is 310 cm³/mol. The van der Waals surface area contributed by atoms with Crippen molar-refractivity contribution in [2.24, 2.45) is 0 Å². The SMILES string of the molecule is CNC(=O)c1c(-c2ccc(F)nc2)oc2cc(N(C)S(C)(=O)=O)c(-c3ccc4c(n3)-c3cc5c(F)cccc5n3CO4)cc12.CNC(=O)c1c(C2CC2)oc2cc(N(C)S(C)(=O)=O)c(-c3ccc4c(n3)-c3cc5c(F)cccc5n3CO4)cc12. The molecule has 11 aromatic rings. The van der Waals surface area contributed by atoms with E-state index in [4.69, 9.17) is 28.3 Å². The third kappa shape index (κ3) is 8.90. The molecular weight excluding hydrogens is 1130 g/mol. The summed E-state index contributed by atoms with van der Waals surface area (Å²) in [5.74, 6) is -0.256. The largest absolute Gasteiger partial charge is 0.470 e. The topological polar surface area (TPSA) is 226 Å². The van der Waals surface area contributed by atoms with Crippen LogP contribution in [-0.4, -0.2) is 93.4 Å². The number of benzene rings is 4. The number of carbonyl (C=O) groups excluding carboxylic acids is 2. The zero-order valence-corrected chi connectivity index (χ0v) is 47.2. The fourth-order valence-corrected chi connectivity index (χ4v) is 11.9. The van der Waals surface area contributed by atoms with E-state index < -0.39 is 31.9 Å². The van der Waals surface area contributed by atoms with E-state index in [9.17, 15) is 39.6 Å². The molecule has 4 aromatic carbocycles. The molecule has 0 unspecified atom stereocenters. The van der Waals surface area contributed by atoms with Crippen molar-refractivity contribution in [2.75, 3.05) is 49.3 Å². The maximum atomic E-state index is 14.7. The maximum absolute atomic E-state index is 14.7. The smallest absolute Gasteiger partial charge is 0.255 e. The molecule has 426 valence electrons. The van der Waals surface area contributed by atoms with Crippen LogP contribution in [0.15, 0.2) is 124 Å². The lowest BCUT2D eigenvalue weighted by atomic mass is 10.0. The number of sulfonamides is 2. The summed E-state index contributed by atoms with van der Waals surface area (Å²) in [4.78, 5) is 39.6. The van der Waals surface area contributed by atoms with E-state index in [1.165, 1.54) is 55.9 Å². The Morgan fingerprint density at radius 3 is 1.56 bits per heavy atom. The highest BCUT2D eigenvalue weighted by molar-refractivity contribution is 7.92. The number of hydrogen-bond acceptors (Lipinski definition) is 13. The second-order valence-corrected chi connectivity index (χ2v) is 24.6. The van der Waals surface area contributed by atoms with E-state index in [2.05, 4.69) is 15.6 Å². The number of halogens is 3. The summed E-state index contributed by atoms with van der Waals surface area (Å²) in [5.41, 5.74) is 7.49. The van der Waals surface area contributed by atoms with Crippen LogP contribution >= 0.6 is 0 Å². The molecule has 19 nitrogen and oxygen atoms in total. The van der Waals surface area contributed by atoms with Crippen LogP contribution in [0.3, 0.4) is 0 Å². The van der Waals surface area contributed by atoms with Gasteiger partial charge in [0.15, 0.2) is 13.5 Å². The molecule has 1 saturated carbocycles. The fraction of sp³-hybridized carbons (Fsp3) is 0.183. The number of nitrogens with one attached hydrogen (secondary N) is 2. The standard InChI is InChI=1S/C31H23F2N5O5S.C29H25FN4O5S/c1-34-31(39)28-19-11-18(23(37(2)44(3,40)41)13-26(19)43-30(28)16-7-10-27(33)35-14-16)21-8-9-25-29(36-21)24-12-17-20(32)5-4-6-22(17)38(24)15-42-25;1-31-29(35)26-18-11-17(22(33(2)40(3,36)37)13-25(18)39-28(26)15-7-8-15)20-9-10-24-27(32-20)23-12-16-19(30)5-4-6-21(16)34(23)14-38-24/h4-14H,15H2,1-3H3,(H,34,39);4-6,9-13,15H,7-8,14H2,1-3H3,(H,31,35). The number of rotatable bonds is 10. The first-order valence-corrected chi connectivity index (χ1v) is 29.9. The van der Waals surface area contributed by atoms with E-state index in [1.807, 2.05) is 15.2 Å². The lowest BCUT2D eigenvalue weighted by molar-refractivity contribution is 0.0955. The molecule has 0 spiro atoms. The lowest BCUT2D eigenvalue weighted by Crippen LogP contribution is -2.25. The molecule has 3 aliphatic rings. The van der Waals surface area contributed by atoms with Crippen molar-refractivity contribution in [2.45, 2.75) is 32.2 Å². The summed E-state index contributed by atoms with van der Waals surface area (Å²) in [6.45, 7) is 0.370. The number of pyridine rings is 3. The molecule has 84 heavy (non-hydrogen) atoms. The van der Waals surface area contributed by atoms with E-state index in [0.29, 0.717) is 118 Å². The minimum absolute atomic E-state index is 0.135. The molecular formula is C60H48F3N9O10S2. The van der Waals surface area contributed by atoms with E-state index in [1.54, 1.807) is 79.8 Å². The van der Waals surface area contributed by atoms with Gasteiger partial charge in [0.2, 0.25) is 26.0 Å². The zero-order valence-electron chi connectivity index (χ0n) is 45.5. The van der Waals surface area contributed by atoms with Crippen LogP contribution in [0.25, 0.3) is 100 Å². The zero-order chi connectivity index (χ0) is 58.8. The van der Waals surface area contributed by atoms with E-state index in [-0.39, 0.29) is 59.5 Å². The minimum atomic E-state index is -3.76. The highest BCUT2D eigenvalue weighted by Crippen LogP contribution is 2.49. The third-order valence-electron chi connectivity index (χ3n) is 15.4. The van der Waals surface area contributed by atoms with Crippen LogP contribution in [0.4, 0.5) is 24.5 Å². The van der Waals surface area contributed by atoms with Crippen LogP contribution in [0.2, 0.25) is 0 Å². The van der Waals surface area contributed by atoms with Crippen molar-refractivity contribution in [3.63, 3.8) is 0 Å². The summed E-state index contributed by atoms with van der Waals surface area (Å²) < 4.78 is 124. The first-order chi connectivity index (χ1) is 40.2.